The normalized spacial score (nSPS) is 17.9. The van der Waals surface area contributed by atoms with Crippen molar-refractivity contribution in [2.24, 2.45) is 0 Å². The summed E-state index contributed by atoms with van der Waals surface area (Å²) in [6, 6.07) is 15.3. The van der Waals surface area contributed by atoms with Gasteiger partial charge >= 0.3 is 0 Å². The predicted molar refractivity (Wildman–Crippen MR) is 110 cm³/mol. The minimum atomic E-state index is 0.544. The summed E-state index contributed by atoms with van der Waals surface area (Å²) >= 11 is 1.83. The molecule has 1 aliphatic rings. The topological polar surface area (TPSA) is 53.2 Å². The number of thiophene rings is 1. The summed E-state index contributed by atoms with van der Waals surface area (Å²) in [6.45, 7) is 4.17. The van der Waals surface area contributed by atoms with Crippen molar-refractivity contribution in [2.75, 3.05) is 20.2 Å². The molecule has 0 amide bonds. The van der Waals surface area contributed by atoms with Crippen LogP contribution in [0, 0.1) is 0 Å². The van der Waals surface area contributed by atoms with Crippen molar-refractivity contribution in [1.82, 2.24) is 20.4 Å². The van der Waals surface area contributed by atoms with Crippen molar-refractivity contribution in [1.29, 1.82) is 0 Å². The van der Waals surface area contributed by atoms with Gasteiger partial charge in [-0.05, 0) is 55.3 Å². The highest BCUT2D eigenvalue weighted by molar-refractivity contribution is 7.15. The summed E-state index contributed by atoms with van der Waals surface area (Å²) in [7, 11) is 1.72. The molecule has 2 aromatic heterocycles. The van der Waals surface area contributed by atoms with Crippen LogP contribution in [-0.2, 0) is 13.1 Å². The summed E-state index contributed by atoms with van der Waals surface area (Å²) in [6.07, 6.45) is 4.28. The lowest BCUT2D eigenvalue weighted by Crippen LogP contribution is -2.44. The number of aromatic amines is 1. The highest BCUT2D eigenvalue weighted by atomic mass is 32.1. The van der Waals surface area contributed by atoms with Crippen molar-refractivity contribution in [3.8, 4) is 16.3 Å². The van der Waals surface area contributed by atoms with Crippen LogP contribution < -0.4 is 10.1 Å². The van der Waals surface area contributed by atoms with Gasteiger partial charge < -0.3 is 10.1 Å². The van der Waals surface area contributed by atoms with E-state index in [0.717, 1.165) is 31.1 Å². The molecule has 2 N–H and O–H groups in total. The van der Waals surface area contributed by atoms with E-state index in [2.05, 4.69) is 50.7 Å². The number of nitrogens with zero attached hydrogens (tertiary/aromatic N) is 2. The van der Waals surface area contributed by atoms with Gasteiger partial charge in [-0.1, -0.05) is 12.1 Å². The van der Waals surface area contributed by atoms with Crippen molar-refractivity contribution < 1.29 is 4.74 Å². The molecule has 0 saturated carbocycles. The Hall–Kier alpha value is -2.15. The lowest BCUT2D eigenvalue weighted by molar-refractivity contribution is 0.183. The number of rotatable bonds is 7. The summed E-state index contributed by atoms with van der Waals surface area (Å²) < 4.78 is 5.35. The maximum atomic E-state index is 5.35. The molecule has 1 aromatic carbocycles. The molecule has 4 rings (SSSR count). The average molecular weight is 383 g/mol. The molecule has 5 nitrogen and oxygen atoms in total. The maximum Gasteiger partial charge on any atom is 0.119 e. The average Bonchev–Trinajstić information content (AvgIpc) is 3.38. The van der Waals surface area contributed by atoms with Crippen LogP contribution in [0.5, 0.6) is 5.75 Å². The largest absolute Gasteiger partial charge is 0.497 e. The van der Waals surface area contributed by atoms with Gasteiger partial charge in [0.25, 0.3) is 0 Å². The molecule has 1 saturated heterocycles. The smallest absolute Gasteiger partial charge is 0.119 e. The van der Waals surface area contributed by atoms with E-state index in [0.29, 0.717) is 6.04 Å². The van der Waals surface area contributed by atoms with E-state index in [9.17, 15) is 0 Å². The van der Waals surface area contributed by atoms with E-state index < -0.39 is 0 Å². The Labute approximate surface area is 164 Å². The first-order valence-electron chi connectivity index (χ1n) is 9.47. The van der Waals surface area contributed by atoms with Crippen molar-refractivity contribution in [3.63, 3.8) is 0 Å². The van der Waals surface area contributed by atoms with Crippen molar-refractivity contribution in [3.05, 3.63) is 59.1 Å². The lowest BCUT2D eigenvalue weighted by Gasteiger charge is -2.33. The highest BCUT2D eigenvalue weighted by Gasteiger charge is 2.20. The fourth-order valence-electron chi connectivity index (χ4n) is 3.65. The van der Waals surface area contributed by atoms with Gasteiger partial charge in [0.2, 0.25) is 0 Å². The third kappa shape index (κ3) is 4.77. The molecule has 1 aliphatic heterocycles. The van der Waals surface area contributed by atoms with E-state index in [4.69, 9.17) is 4.74 Å². The third-order valence-electron chi connectivity index (χ3n) is 5.04. The monoisotopic (exact) mass is 382 g/mol. The van der Waals surface area contributed by atoms with Gasteiger partial charge in [0.15, 0.2) is 0 Å². The van der Waals surface area contributed by atoms with E-state index >= 15 is 0 Å². The summed E-state index contributed by atoms with van der Waals surface area (Å²) in [5.41, 5.74) is 2.41. The zero-order chi connectivity index (χ0) is 18.5. The molecule has 3 heterocycles. The van der Waals surface area contributed by atoms with Gasteiger partial charge in [-0.2, -0.15) is 5.10 Å². The number of hydrogen-bond acceptors (Lipinski definition) is 5. The van der Waals surface area contributed by atoms with Gasteiger partial charge in [-0.3, -0.25) is 10.00 Å². The van der Waals surface area contributed by atoms with Crippen molar-refractivity contribution >= 4 is 11.3 Å². The molecule has 3 aromatic rings. The second-order valence-corrected chi connectivity index (χ2v) is 8.21. The first-order valence-corrected chi connectivity index (χ1v) is 10.3. The Balaban J connectivity index is 1.29. The van der Waals surface area contributed by atoms with Crippen LogP contribution in [0.3, 0.4) is 0 Å². The first-order chi connectivity index (χ1) is 13.3. The number of likely N-dealkylation sites (tertiary alicyclic amines) is 1. The number of H-pyrrole nitrogens is 1. The fraction of sp³-hybridized carbons (Fsp3) is 0.381. The van der Waals surface area contributed by atoms with Crippen LogP contribution in [0.1, 0.15) is 23.3 Å². The molecule has 6 heteroatoms. The highest BCUT2D eigenvalue weighted by Crippen LogP contribution is 2.26. The molecule has 27 heavy (non-hydrogen) atoms. The van der Waals surface area contributed by atoms with Gasteiger partial charge in [0.05, 0.1) is 17.7 Å². The van der Waals surface area contributed by atoms with Crippen LogP contribution in [-0.4, -0.2) is 41.3 Å². The molecule has 0 spiro atoms. The Bertz CT molecular complexity index is 846. The SMILES string of the molecule is COc1cccc(CN2CCCC(NCc3ccc(-c4ccn[nH]4)s3)C2)c1. The van der Waals surface area contributed by atoms with Gasteiger partial charge in [0.1, 0.15) is 5.75 Å². The Morgan fingerprint density at radius 2 is 2.26 bits per heavy atom. The number of piperidine rings is 1. The standard InChI is InChI=1S/C21H26N4OS/c1-26-18-6-2-4-16(12-18)14-25-11-3-5-17(15-25)22-13-19-7-8-21(27-19)20-9-10-23-24-20/h2,4,6-10,12,17,22H,3,5,11,13-15H2,1H3,(H,23,24). The van der Waals surface area contributed by atoms with Crippen LogP contribution in [0.25, 0.3) is 10.6 Å². The molecule has 1 atom stereocenters. The number of hydrogen-bond donors (Lipinski definition) is 2. The number of aromatic nitrogens is 2. The predicted octanol–water partition coefficient (Wildman–Crippen LogP) is 3.90. The second kappa shape index (κ2) is 8.69. The molecule has 0 radical (unpaired) electrons. The number of methoxy groups -OCH3 is 1. The molecular formula is C21H26N4OS. The molecule has 142 valence electrons. The van der Waals surface area contributed by atoms with Gasteiger partial charge in [-0.15, -0.1) is 11.3 Å². The zero-order valence-corrected chi connectivity index (χ0v) is 16.5. The molecule has 0 bridgehead atoms. The fourth-order valence-corrected chi connectivity index (χ4v) is 4.58. The maximum absolute atomic E-state index is 5.35. The van der Waals surface area contributed by atoms with Crippen LogP contribution in [0.15, 0.2) is 48.7 Å². The minimum Gasteiger partial charge on any atom is -0.497 e. The second-order valence-electron chi connectivity index (χ2n) is 7.04. The van der Waals surface area contributed by atoms with Gasteiger partial charge in [-0.25, -0.2) is 0 Å². The lowest BCUT2D eigenvalue weighted by atomic mass is 10.0. The van der Waals surface area contributed by atoms with Crippen LogP contribution in [0.2, 0.25) is 0 Å². The summed E-state index contributed by atoms with van der Waals surface area (Å²) in [5, 5.41) is 10.8. The van der Waals surface area contributed by atoms with Crippen molar-refractivity contribution in [2.45, 2.75) is 32.0 Å². The van der Waals surface area contributed by atoms with Gasteiger partial charge in [0, 0.05) is 36.8 Å². The summed E-state index contributed by atoms with van der Waals surface area (Å²) in [5.74, 6) is 0.935. The van der Waals surface area contributed by atoms with Crippen LogP contribution in [0.4, 0.5) is 0 Å². The van der Waals surface area contributed by atoms with E-state index in [1.165, 1.54) is 34.7 Å². The summed E-state index contributed by atoms with van der Waals surface area (Å²) in [4.78, 5) is 5.15. The first kappa shape index (κ1) is 18.2. The van der Waals surface area contributed by atoms with E-state index in [-0.39, 0.29) is 0 Å². The Morgan fingerprint density at radius 1 is 1.30 bits per heavy atom. The zero-order valence-electron chi connectivity index (χ0n) is 15.6. The number of ether oxygens (including phenoxy) is 1. The molecule has 1 unspecified atom stereocenters. The van der Waals surface area contributed by atoms with Crippen LogP contribution >= 0.6 is 11.3 Å². The number of benzene rings is 1. The number of nitrogens with one attached hydrogen (secondary N) is 2. The Morgan fingerprint density at radius 3 is 3.11 bits per heavy atom. The quantitative estimate of drug-likeness (QED) is 0.651. The third-order valence-corrected chi connectivity index (χ3v) is 6.16. The molecular weight excluding hydrogens is 356 g/mol. The molecule has 1 fully saturated rings. The minimum absolute atomic E-state index is 0.544. The van der Waals surface area contributed by atoms with E-state index in [1.54, 1.807) is 13.3 Å². The van der Waals surface area contributed by atoms with E-state index in [1.807, 2.05) is 23.5 Å². The molecule has 0 aliphatic carbocycles. The Kier molecular flexibility index (Phi) is 5.87.